The molecule has 0 radical (unpaired) electrons. The Labute approximate surface area is 121 Å². The highest BCUT2D eigenvalue weighted by Gasteiger charge is 2.17. The van der Waals surface area contributed by atoms with Crippen molar-refractivity contribution in [2.45, 2.75) is 0 Å². The van der Waals surface area contributed by atoms with Gasteiger partial charge in [0.2, 0.25) is 0 Å². The summed E-state index contributed by atoms with van der Waals surface area (Å²) in [5.41, 5.74) is 1.05. The van der Waals surface area contributed by atoms with Crippen LogP contribution in [0.2, 0.25) is 0 Å². The molecular formula is C12H9Br2NO3. The van der Waals surface area contributed by atoms with Crippen LogP contribution in [0.1, 0.15) is 10.4 Å². The molecule has 0 aliphatic carbocycles. The number of pyridine rings is 1. The van der Waals surface area contributed by atoms with Crippen LogP contribution in [-0.4, -0.2) is 25.2 Å². The third-order valence-electron chi connectivity index (χ3n) is 2.49. The second-order valence-electron chi connectivity index (χ2n) is 3.45. The summed E-state index contributed by atoms with van der Waals surface area (Å²) in [6.07, 6.45) is 1.47. The second kappa shape index (κ2) is 5.24. The van der Waals surface area contributed by atoms with E-state index in [1.165, 1.54) is 13.3 Å². The summed E-state index contributed by atoms with van der Waals surface area (Å²) in [4.78, 5) is 15.9. The van der Waals surface area contributed by atoms with Gasteiger partial charge in [-0.05, 0) is 28.1 Å². The fraction of sp³-hybridized carbons (Fsp3) is 0.167. The zero-order valence-electron chi connectivity index (χ0n) is 9.66. The van der Waals surface area contributed by atoms with Crippen molar-refractivity contribution in [2.75, 3.05) is 14.2 Å². The van der Waals surface area contributed by atoms with Crippen molar-refractivity contribution >= 4 is 48.7 Å². The van der Waals surface area contributed by atoms with Crippen LogP contribution in [0.4, 0.5) is 0 Å². The average Bonchev–Trinajstić information content (AvgIpc) is 2.38. The van der Waals surface area contributed by atoms with Gasteiger partial charge < -0.3 is 9.47 Å². The van der Waals surface area contributed by atoms with Gasteiger partial charge in [0.05, 0.1) is 19.8 Å². The molecule has 18 heavy (non-hydrogen) atoms. The number of aromatic nitrogens is 1. The Hall–Kier alpha value is -1.14. The number of hydrogen-bond donors (Lipinski definition) is 0. The Bertz CT molecular complexity index is 628. The molecule has 0 amide bonds. The fourth-order valence-corrected chi connectivity index (χ4v) is 3.07. The monoisotopic (exact) mass is 373 g/mol. The summed E-state index contributed by atoms with van der Waals surface area (Å²) >= 11 is 6.85. The highest BCUT2D eigenvalue weighted by molar-refractivity contribution is 9.11. The van der Waals surface area contributed by atoms with Gasteiger partial charge in [-0.25, -0.2) is 4.79 Å². The highest BCUT2D eigenvalue weighted by atomic mass is 79.9. The van der Waals surface area contributed by atoms with Crippen LogP contribution in [-0.2, 0) is 4.74 Å². The van der Waals surface area contributed by atoms with Gasteiger partial charge in [0, 0.05) is 20.5 Å². The van der Waals surface area contributed by atoms with Crippen molar-refractivity contribution in [3.05, 3.63) is 32.8 Å². The van der Waals surface area contributed by atoms with E-state index in [2.05, 4.69) is 36.8 Å². The standard InChI is InChI=1S/C12H9Br2NO3/c1-17-8-4-3-7(13)9-10(14)6(12(16)18-2)5-15-11(8)9/h3-5H,1-2H3. The van der Waals surface area contributed by atoms with Crippen LogP contribution in [0, 0.1) is 0 Å². The first-order valence-corrected chi connectivity index (χ1v) is 6.57. The molecule has 2 rings (SSSR count). The third kappa shape index (κ3) is 2.10. The maximum atomic E-state index is 11.6. The summed E-state index contributed by atoms with van der Waals surface area (Å²) in [5, 5.41) is 0.775. The van der Waals surface area contributed by atoms with Gasteiger partial charge in [0.15, 0.2) is 0 Å². The minimum atomic E-state index is -0.439. The van der Waals surface area contributed by atoms with Gasteiger partial charge in [0.25, 0.3) is 0 Å². The first-order chi connectivity index (χ1) is 8.60. The molecule has 0 saturated carbocycles. The first kappa shape index (κ1) is 13.3. The SMILES string of the molecule is COC(=O)c1cnc2c(OC)ccc(Br)c2c1Br. The Morgan fingerprint density at radius 1 is 1.28 bits per heavy atom. The quantitative estimate of drug-likeness (QED) is 0.754. The molecular weight excluding hydrogens is 366 g/mol. The molecule has 0 unspecified atom stereocenters. The predicted octanol–water partition coefficient (Wildman–Crippen LogP) is 3.56. The van der Waals surface area contributed by atoms with Crippen LogP contribution in [0.25, 0.3) is 10.9 Å². The third-order valence-corrected chi connectivity index (χ3v) is 3.98. The van der Waals surface area contributed by atoms with E-state index in [0.717, 1.165) is 9.86 Å². The normalized spacial score (nSPS) is 10.4. The van der Waals surface area contributed by atoms with E-state index >= 15 is 0 Å². The van der Waals surface area contributed by atoms with Gasteiger partial charge in [-0.15, -0.1) is 0 Å². The van der Waals surface area contributed by atoms with Gasteiger partial charge in [-0.2, -0.15) is 0 Å². The number of benzene rings is 1. The molecule has 2 aromatic rings. The zero-order valence-corrected chi connectivity index (χ0v) is 12.8. The predicted molar refractivity (Wildman–Crippen MR) is 75.0 cm³/mol. The molecule has 0 N–H and O–H groups in total. The molecule has 4 nitrogen and oxygen atoms in total. The number of halogens is 2. The van der Waals surface area contributed by atoms with Crippen molar-refractivity contribution in [2.24, 2.45) is 0 Å². The zero-order chi connectivity index (χ0) is 13.3. The molecule has 6 heteroatoms. The van der Waals surface area contributed by atoms with E-state index in [1.807, 2.05) is 12.1 Å². The van der Waals surface area contributed by atoms with Gasteiger partial charge in [-0.3, -0.25) is 4.98 Å². The lowest BCUT2D eigenvalue weighted by Gasteiger charge is -2.10. The Morgan fingerprint density at radius 3 is 2.61 bits per heavy atom. The Kier molecular flexibility index (Phi) is 3.87. The number of nitrogens with zero attached hydrogens (tertiary/aromatic N) is 1. The lowest BCUT2D eigenvalue weighted by Crippen LogP contribution is -2.04. The molecule has 1 heterocycles. The summed E-state index contributed by atoms with van der Waals surface area (Å²) in [5.74, 6) is 0.205. The molecule has 1 aromatic heterocycles. The molecule has 94 valence electrons. The number of carbonyl (C=O) groups is 1. The molecule has 0 fully saturated rings. The smallest absolute Gasteiger partial charge is 0.340 e. The number of hydrogen-bond acceptors (Lipinski definition) is 4. The van der Waals surface area contributed by atoms with Crippen molar-refractivity contribution in [1.29, 1.82) is 0 Å². The van der Waals surface area contributed by atoms with E-state index in [9.17, 15) is 4.79 Å². The first-order valence-electron chi connectivity index (χ1n) is 4.99. The number of ether oxygens (including phenoxy) is 2. The van der Waals surface area contributed by atoms with Crippen LogP contribution in [0.15, 0.2) is 27.3 Å². The van der Waals surface area contributed by atoms with Crippen molar-refractivity contribution < 1.29 is 14.3 Å². The summed E-state index contributed by atoms with van der Waals surface area (Å²) < 4.78 is 11.4. The largest absolute Gasteiger partial charge is 0.494 e. The number of fused-ring (bicyclic) bond motifs is 1. The lowest BCUT2D eigenvalue weighted by atomic mass is 10.1. The number of rotatable bonds is 2. The van der Waals surface area contributed by atoms with Crippen LogP contribution < -0.4 is 4.74 Å². The highest BCUT2D eigenvalue weighted by Crippen LogP contribution is 2.36. The summed E-state index contributed by atoms with van der Waals surface area (Å²) in [6.45, 7) is 0. The van der Waals surface area contributed by atoms with Crippen LogP contribution in [0.3, 0.4) is 0 Å². The molecule has 0 aliphatic heterocycles. The minimum absolute atomic E-state index is 0.374. The van der Waals surface area contributed by atoms with Crippen LogP contribution >= 0.6 is 31.9 Å². The molecule has 0 spiro atoms. The van der Waals surface area contributed by atoms with Crippen molar-refractivity contribution in [1.82, 2.24) is 4.98 Å². The molecule has 0 aliphatic rings. The number of esters is 1. The molecule has 0 atom stereocenters. The van der Waals surface area contributed by atoms with Crippen LogP contribution in [0.5, 0.6) is 5.75 Å². The Balaban J connectivity index is 2.82. The van der Waals surface area contributed by atoms with E-state index in [0.29, 0.717) is 21.3 Å². The topological polar surface area (TPSA) is 48.4 Å². The van der Waals surface area contributed by atoms with Gasteiger partial charge in [-0.1, -0.05) is 15.9 Å². The summed E-state index contributed by atoms with van der Waals surface area (Å²) in [7, 11) is 2.91. The lowest BCUT2D eigenvalue weighted by molar-refractivity contribution is 0.0599. The maximum absolute atomic E-state index is 11.6. The van der Waals surface area contributed by atoms with Crippen molar-refractivity contribution in [3.63, 3.8) is 0 Å². The molecule has 1 aromatic carbocycles. The van der Waals surface area contributed by atoms with Gasteiger partial charge in [0.1, 0.15) is 11.3 Å². The van der Waals surface area contributed by atoms with E-state index in [-0.39, 0.29) is 0 Å². The number of carbonyl (C=O) groups excluding carboxylic acids is 1. The maximum Gasteiger partial charge on any atom is 0.340 e. The van der Waals surface area contributed by atoms with Gasteiger partial charge >= 0.3 is 5.97 Å². The van der Waals surface area contributed by atoms with E-state index in [4.69, 9.17) is 9.47 Å². The fourth-order valence-electron chi connectivity index (χ4n) is 1.62. The minimum Gasteiger partial charge on any atom is -0.494 e. The molecule has 0 saturated heterocycles. The second-order valence-corrected chi connectivity index (χ2v) is 5.10. The van der Waals surface area contributed by atoms with E-state index in [1.54, 1.807) is 7.11 Å². The Morgan fingerprint density at radius 2 is 2.00 bits per heavy atom. The number of methoxy groups -OCH3 is 2. The summed E-state index contributed by atoms with van der Waals surface area (Å²) in [6, 6.07) is 3.65. The van der Waals surface area contributed by atoms with Crippen molar-refractivity contribution in [3.8, 4) is 5.75 Å². The van der Waals surface area contributed by atoms with E-state index < -0.39 is 5.97 Å². The average molecular weight is 375 g/mol. The molecule has 0 bridgehead atoms.